The maximum Gasteiger partial charge on any atom is 0.408 e. The van der Waals surface area contributed by atoms with Gasteiger partial charge in [0.25, 0.3) is 0 Å². The molecular formula is C13H15NO2. The number of carbonyl (C=O) groups is 1. The van der Waals surface area contributed by atoms with Crippen LogP contribution in [0.1, 0.15) is 30.0 Å². The van der Waals surface area contributed by atoms with Crippen LogP contribution in [0.4, 0.5) is 4.79 Å². The summed E-state index contributed by atoms with van der Waals surface area (Å²) >= 11 is 0. The fourth-order valence-corrected chi connectivity index (χ4v) is 2.58. The quantitative estimate of drug-likeness (QED) is 0.782. The number of amides is 1. The third-order valence-corrected chi connectivity index (χ3v) is 3.60. The van der Waals surface area contributed by atoms with E-state index in [1.54, 1.807) is 0 Å². The number of fused-ring (bicyclic) bond motifs is 1. The molecule has 2 aliphatic rings. The van der Waals surface area contributed by atoms with Crippen molar-refractivity contribution >= 4 is 6.09 Å². The van der Waals surface area contributed by atoms with E-state index in [1.165, 1.54) is 24.0 Å². The van der Waals surface area contributed by atoms with Crippen LogP contribution < -0.4 is 5.32 Å². The van der Waals surface area contributed by atoms with Crippen molar-refractivity contribution in [2.24, 2.45) is 0 Å². The number of hydrogen-bond donors (Lipinski definition) is 1. The van der Waals surface area contributed by atoms with E-state index in [1.807, 2.05) is 6.92 Å². The standard InChI is InChI=1S/C13H15NO2/c1-13(8-14-12(15)16-13)11-6-5-9-3-2-4-10(9)7-11/h5-7H,2-4,8H2,1H3,(H,14,15). The Bertz CT molecular complexity index is 455. The summed E-state index contributed by atoms with van der Waals surface area (Å²) in [6.45, 7) is 2.52. The first kappa shape index (κ1) is 9.70. The fraction of sp³-hybridized carbons (Fsp3) is 0.462. The summed E-state index contributed by atoms with van der Waals surface area (Å²) in [4.78, 5) is 11.1. The molecule has 0 radical (unpaired) electrons. The summed E-state index contributed by atoms with van der Waals surface area (Å²) in [5.41, 5.74) is 3.48. The average molecular weight is 217 g/mol. The van der Waals surface area contributed by atoms with Gasteiger partial charge in [-0.3, -0.25) is 0 Å². The second kappa shape index (κ2) is 3.24. The summed E-state index contributed by atoms with van der Waals surface area (Å²) < 4.78 is 5.34. The zero-order valence-electron chi connectivity index (χ0n) is 9.38. The molecule has 84 valence electrons. The van der Waals surface area contributed by atoms with Crippen LogP contribution in [0.15, 0.2) is 18.2 Å². The molecule has 1 aliphatic carbocycles. The number of nitrogens with one attached hydrogen (secondary N) is 1. The Morgan fingerprint density at radius 1 is 1.31 bits per heavy atom. The molecule has 1 aliphatic heterocycles. The van der Waals surface area contributed by atoms with Crippen molar-refractivity contribution in [1.29, 1.82) is 0 Å². The van der Waals surface area contributed by atoms with E-state index < -0.39 is 5.60 Å². The Hall–Kier alpha value is -1.51. The Morgan fingerprint density at radius 3 is 2.88 bits per heavy atom. The average Bonchev–Trinajstić information content (AvgIpc) is 2.84. The highest BCUT2D eigenvalue weighted by Crippen LogP contribution is 2.32. The van der Waals surface area contributed by atoms with Gasteiger partial charge in [0.05, 0.1) is 6.54 Å². The number of hydrogen-bond acceptors (Lipinski definition) is 2. The largest absolute Gasteiger partial charge is 0.436 e. The van der Waals surface area contributed by atoms with Gasteiger partial charge in [-0.2, -0.15) is 0 Å². The van der Waals surface area contributed by atoms with Gasteiger partial charge in [0, 0.05) is 0 Å². The summed E-state index contributed by atoms with van der Waals surface area (Å²) in [5, 5.41) is 2.72. The Morgan fingerprint density at radius 2 is 2.12 bits per heavy atom. The van der Waals surface area contributed by atoms with Crippen LogP contribution in [0.3, 0.4) is 0 Å². The highest BCUT2D eigenvalue weighted by Gasteiger charge is 2.37. The maximum absolute atomic E-state index is 11.1. The van der Waals surface area contributed by atoms with E-state index in [4.69, 9.17) is 4.74 Å². The summed E-state index contributed by atoms with van der Waals surface area (Å²) in [6, 6.07) is 6.46. The van der Waals surface area contributed by atoms with E-state index in [0.717, 1.165) is 12.0 Å². The summed E-state index contributed by atoms with van der Waals surface area (Å²) in [5.74, 6) is 0. The molecule has 1 aromatic carbocycles. The van der Waals surface area contributed by atoms with E-state index in [-0.39, 0.29) is 6.09 Å². The fourth-order valence-electron chi connectivity index (χ4n) is 2.58. The lowest BCUT2D eigenvalue weighted by Crippen LogP contribution is -2.26. The second-order valence-corrected chi connectivity index (χ2v) is 4.81. The SMILES string of the molecule is CC1(c2ccc3c(c2)CCC3)CNC(=O)O1. The van der Waals surface area contributed by atoms with Gasteiger partial charge in [-0.25, -0.2) is 4.79 Å². The van der Waals surface area contributed by atoms with Gasteiger partial charge in [0.15, 0.2) is 5.60 Å². The number of aryl methyl sites for hydroxylation is 2. The second-order valence-electron chi connectivity index (χ2n) is 4.81. The smallest absolute Gasteiger partial charge is 0.408 e. The van der Waals surface area contributed by atoms with Crippen molar-refractivity contribution in [2.45, 2.75) is 31.8 Å². The molecule has 1 saturated heterocycles. The van der Waals surface area contributed by atoms with Crippen LogP contribution in [0.5, 0.6) is 0 Å². The number of rotatable bonds is 1. The molecule has 1 unspecified atom stereocenters. The number of benzene rings is 1. The van der Waals surface area contributed by atoms with E-state index in [2.05, 4.69) is 23.5 Å². The molecule has 0 aromatic heterocycles. The number of cyclic esters (lactones) is 1. The molecular weight excluding hydrogens is 202 g/mol. The van der Waals surface area contributed by atoms with Gasteiger partial charge >= 0.3 is 6.09 Å². The molecule has 1 aromatic rings. The minimum atomic E-state index is -0.491. The van der Waals surface area contributed by atoms with Gasteiger partial charge < -0.3 is 10.1 Å². The first-order valence-electron chi connectivity index (χ1n) is 5.76. The van der Waals surface area contributed by atoms with E-state index in [0.29, 0.717) is 6.54 Å². The number of alkyl carbamates (subject to hydrolysis) is 1. The minimum absolute atomic E-state index is 0.317. The van der Waals surface area contributed by atoms with Crippen LogP contribution in [0, 0.1) is 0 Å². The topological polar surface area (TPSA) is 38.3 Å². The Kier molecular flexibility index (Phi) is 1.96. The predicted octanol–water partition coefficient (Wildman–Crippen LogP) is 2.13. The van der Waals surface area contributed by atoms with Crippen molar-refractivity contribution in [3.05, 3.63) is 34.9 Å². The molecule has 1 heterocycles. The Labute approximate surface area is 94.8 Å². The van der Waals surface area contributed by atoms with Crippen molar-refractivity contribution in [3.63, 3.8) is 0 Å². The molecule has 1 amide bonds. The molecule has 3 rings (SSSR count). The third kappa shape index (κ3) is 1.39. The normalized spacial score (nSPS) is 27.4. The first-order chi connectivity index (χ1) is 7.67. The molecule has 0 saturated carbocycles. The van der Waals surface area contributed by atoms with Gasteiger partial charge in [0.2, 0.25) is 0 Å². The van der Waals surface area contributed by atoms with Crippen molar-refractivity contribution in [2.75, 3.05) is 6.54 Å². The molecule has 1 atom stereocenters. The zero-order chi connectivity index (χ0) is 11.2. The molecule has 16 heavy (non-hydrogen) atoms. The Balaban J connectivity index is 1.98. The van der Waals surface area contributed by atoms with Crippen LogP contribution in [-0.2, 0) is 23.2 Å². The van der Waals surface area contributed by atoms with Crippen LogP contribution in [0.2, 0.25) is 0 Å². The summed E-state index contributed by atoms with van der Waals surface area (Å²) in [7, 11) is 0. The van der Waals surface area contributed by atoms with Gasteiger partial charge in [-0.15, -0.1) is 0 Å². The third-order valence-electron chi connectivity index (χ3n) is 3.60. The van der Waals surface area contributed by atoms with Gasteiger partial charge in [-0.1, -0.05) is 18.2 Å². The van der Waals surface area contributed by atoms with Gasteiger partial charge in [0.1, 0.15) is 0 Å². The van der Waals surface area contributed by atoms with Gasteiger partial charge in [-0.05, 0) is 42.9 Å². The molecule has 0 spiro atoms. The highest BCUT2D eigenvalue weighted by molar-refractivity contribution is 5.70. The van der Waals surface area contributed by atoms with Crippen LogP contribution >= 0.6 is 0 Å². The molecule has 1 fully saturated rings. The predicted molar refractivity (Wildman–Crippen MR) is 60.3 cm³/mol. The van der Waals surface area contributed by atoms with Crippen molar-refractivity contribution < 1.29 is 9.53 Å². The van der Waals surface area contributed by atoms with Crippen LogP contribution in [-0.4, -0.2) is 12.6 Å². The van der Waals surface area contributed by atoms with E-state index in [9.17, 15) is 4.79 Å². The minimum Gasteiger partial charge on any atom is -0.436 e. The maximum atomic E-state index is 11.1. The van der Waals surface area contributed by atoms with Crippen molar-refractivity contribution in [1.82, 2.24) is 5.32 Å². The lowest BCUT2D eigenvalue weighted by atomic mass is 9.93. The summed E-state index contributed by atoms with van der Waals surface area (Å²) in [6.07, 6.45) is 3.27. The van der Waals surface area contributed by atoms with Crippen LogP contribution in [0.25, 0.3) is 0 Å². The molecule has 3 nitrogen and oxygen atoms in total. The molecule has 1 N–H and O–H groups in total. The zero-order valence-corrected chi connectivity index (χ0v) is 9.38. The monoisotopic (exact) mass is 217 g/mol. The van der Waals surface area contributed by atoms with Crippen molar-refractivity contribution in [3.8, 4) is 0 Å². The van der Waals surface area contributed by atoms with E-state index >= 15 is 0 Å². The molecule has 3 heteroatoms. The molecule has 0 bridgehead atoms. The lowest BCUT2D eigenvalue weighted by molar-refractivity contribution is 0.0704. The lowest BCUT2D eigenvalue weighted by Gasteiger charge is -2.22. The number of carbonyl (C=O) groups excluding carboxylic acids is 1. The number of ether oxygens (including phenoxy) is 1. The first-order valence-corrected chi connectivity index (χ1v) is 5.76. The highest BCUT2D eigenvalue weighted by atomic mass is 16.6.